The summed E-state index contributed by atoms with van der Waals surface area (Å²) in [6.07, 6.45) is -2.94. The maximum Gasteiger partial charge on any atom is 0.416 e. The molecule has 2 aromatic carbocycles. The molecule has 0 aromatic heterocycles. The summed E-state index contributed by atoms with van der Waals surface area (Å²) in [5.74, 6) is -1.20. The van der Waals surface area contributed by atoms with Crippen molar-refractivity contribution in [3.63, 3.8) is 0 Å². The number of alkyl halides is 3. The van der Waals surface area contributed by atoms with E-state index in [1.54, 1.807) is 6.92 Å². The number of carbonyl (C=O) groups is 1. The van der Waals surface area contributed by atoms with Crippen LogP contribution in [0.15, 0.2) is 53.5 Å². The summed E-state index contributed by atoms with van der Waals surface area (Å²) >= 11 is 0. The molecule has 1 heterocycles. The molecule has 1 amide bonds. The fourth-order valence-corrected chi connectivity index (χ4v) is 4.21. The average molecular weight is 426 g/mol. The molecule has 5 nitrogen and oxygen atoms in total. The number of nitriles is 1. The van der Waals surface area contributed by atoms with Gasteiger partial charge in [-0.3, -0.25) is 9.69 Å². The standard InChI is InChI=1S/C23H21F3N4O/c1-21(16-4-3-5-17(12-16)22(13-27)10-11-22)18(19(31)30(2)20(28)29-21)14-6-8-15(9-7-14)23(24,25)26/h3-9,12,18H,10-11H2,1-2H3,(H2,28,29)/t18-,21?/m0/s1. The second-order valence-electron chi connectivity index (χ2n) is 8.34. The third-order valence-corrected chi connectivity index (χ3v) is 6.37. The highest BCUT2D eigenvalue weighted by atomic mass is 19.4. The number of guanidine groups is 1. The summed E-state index contributed by atoms with van der Waals surface area (Å²) in [4.78, 5) is 19.1. The Bertz CT molecular complexity index is 1110. The van der Waals surface area contributed by atoms with Gasteiger partial charge in [-0.15, -0.1) is 0 Å². The van der Waals surface area contributed by atoms with Crippen LogP contribution in [0.25, 0.3) is 0 Å². The van der Waals surface area contributed by atoms with Gasteiger partial charge in [-0.2, -0.15) is 18.4 Å². The second-order valence-corrected chi connectivity index (χ2v) is 8.34. The number of benzene rings is 2. The highest BCUT2D eigenvalue weighted by Crippen LogP contribution is 2.50. The van der Waals surface area contributed by atoms with E-state index in [2.05, 4.69) is 11.1 Å². The minimum atomic E-state index is -4.47. The fourth-order valence-electron chi connectivity index (χ4n) is 4.21. The van der Waals surface area contributed by atoms with Gasteiger partial charge in [0.15, 0.2) is 5.96 Å². The summed E-state index contributed by atoms with van der Waals surface area (Å²) < 4.78 is 39.1. The van der Waals surface area contributed by atoms with Crippen molar-refractivity contribution in [1.82, 2.24) is 4.90 Å². The van der Waals surface area contributed by atoms with E-state index in [1.165, 1.54) is 24.1 Å². The first-order valence-corrected chi connectivity index (χ1v) is 9.84. The normalized spacial score (nSPS) is 25.0. The van der Waals surface area contributed by atoms with Crippen molar-refractivity contribution in [2.24, 2.45) is 10.7 Å². The number of nitrogens with zero attached hydrogens (tertiary/aromatic N) is 3. The zero-order valence-corrected chi connectivity index (χ0v) is 17.1. The summed E-state index contributed by atoms with van der Waals surface area (Å²) in [7, 11) is 1.49. The van der Waals surface area contributed by atoms with E-state index in [9.17, 15) is 23.2 Å². The maximum absolute atomic E-state index is 13.2. The highest BCUT2D eigenvalue weighted by Gasteiger charge is 2.49. The number of amides is 1. The predicted octanol–water partition coefficient (Wildman–Crippen LogP) is 4.05. The van der Waals surface area contributed by atoms with Gasteiger partial charge < -0.3 is 5.73 Å². The van der Waals surface area contributed by atoms with Gasteiger partial charge in [0.25, 0.3) is 0 Å². The Morgan fingerprint density at radius 1 is 1.16 bits per heavy atom. The van der Waals surface area contributed by atoms with Gasteiger partial charge in [-0.05, 0) is 48.6 Å². The number of carbonyl (C=O) groups excluding carboxylic acids is 1. The van der Waals surface area contributed by atoms with E-state index in [1.807, 2.05) is 24.3 Å². The number of likely N-dealkylation sites (N-methyl/N-ethyl adjacent to an activating group) is 1. The van der Waals surface area contributed by atoms with Crippen molar-refractivity contribution < 1.29 is 18.0 Å². The Labute approximate surface area is 178 Å². The topological polar surface area (TPSA) is 82.5 Å². The molecule has 2 aliphatic rings. The van der Waals surface area contributed by atoms with Crippen LogP contribution in [0.4, 0.5) is 13.2 Å². The van der Waals surface area contributed by atoms with Crippen LogP contribution in [0.2, 0.25) is 0 Å². The molecule has 31 heavy (non-hydrogen) atoms. The molecule has 1 aliphatic heterocycles. The molecule has 2 atom stereocenters. The van der Waals surface area contributed by atoms with Crippen LogP contribution in [-0.2, 0) is 21.9 Å². The molecule has 1 fully saturated rings. The van der Waals surface area contributed by atoms with E-state index in [0.29, 0.717) is 11.1 Å². The Kier molecular flexibility index (Phi) is 4.61. The molecule has 1 unspecified atom stereocenters. The number of hydrogen-bond donors (Lipinski definition) is 1. The van der Waals surface area contributed by atoms with Crippen molar-refractivity contribution in [3.8, 4) is 6.07 Å². The van der Waals surface area contributed by atoms with E-state index < -0.39 is 28.6 Å². The van der Waals surface area contributed by atoms with Crippen molar-refractivity contribution in [2.45, 2.75) is 42.8 Å². The lowest BCUT2D eigenvalue weighted by Gasteiger charge is -2.41. The van der Waals surface area contributed by atoms with Crippen molar-refractivity contribution in [2.75, 3.05) is 7.05 Å². The SMILES string of the molecule is CN1C(=O)[C@H](c2ccc(C(F)(F)F)cc2)C(C)(c2cccc(C3(C#N)CC3)c2)N=C1N. The van der Waals surface area contributed by atoms with Gasteiger partial charge in [-0.1, -0.05) is 36.4 Å². The second kappa shape index (κ2) is 6.84. The lowest BCUT2D eigenvalue weighted by atomic mass is 9.73. The minimum absolute atomic E-state index is 0.0301. The molecule has 1 aliphatic carbocycles. The van der Waals surface area contributed by atoms with E-state index in [0.717, 1.165) is 30.5 Å². The van der Waals surface area contributed by atoms with Crippen LogP contribution >= 0.6 is 0 Å². The first-order valence-electron chi connectivity index (χ1n) is 9.84. The Morgan fingerprint density at radius 2 is 1.77 bits per heavy atom. The van der Waals surface area contributed by atoms with Gasteiger partial charge in [0.2, 0.25) is 5.91 Å². The third-order valence-electron chi connectivity index (χ3n) is 6.37. The van der Waals surface area contributed by atoms with Gasteiger partial charge >= 0.3 is 6.18 Å². The van der Waals surface area contributed by atoms with Gasteiger partial charge in [0, 0.05) is 7.05 Å². The molecular formula is C23H21F3N4O. The van der Waals surface area contributed by atoms with Gasteiger partial charge in [0.1, 0.15) is 5.54 Å². The van der Waals surface area contributed by atoms with Crippen LogP contribution in [0.1, 0.15) is 47.9 Å². The summed E-state index contributed by atoms with van der Waals surface area (Å²) in [6, 6.07) is 14.3. The van der Waals surface area contributed by atoms with Crippen LogP contribution in [0.3, 0.4) is 0 Å². The van der Waals surface area contributed by atoms with Gasteiger partial charge in [-0.25, -0.2) is 4.99 Å². The Balaban J connectivity index is 1.85. The maximum atomic E-state index is 13.2. The number of rotatable bonds is 3. The molecular weight excluding hydrogens is 405 g/mol. The first-order chi connectivity index (χ1) is 14.5. The smallest absolute Gasteiger partial charge is 0.369 e. The summed E-state index contributed by atoms with van der Waals surface area (Å²) in [6.45, 7) is 1.75. The molecule has 2 N–H and O–H groups in total. The molecule has 0 bridgehead atoms. The molecule has 2 aromatic rings. The predicted molar refractivity (Wildman–Crippen MR) is 109 cm³/mol. The van der Waals surface area contributed by atoms with E-state index >= 15 is 0 Å². The zero-order chi connectivity index (χ0) is 22.6. The molecule has 4 rings (SSSR count). The van der Waals surface area contributed by atoms with Crippen molar-refractivity contribution >= 4 is 11.9 Å². The van der Waals surface area contributed by atoms with Crippen LogP contribution in [0, 0.1) is 11.3 Å². The number of halogens is 3. The van der Waals surface area contributed by atoms with Crippen LogP contribution < -0.4 is 5.73 Å². The Morgan fingerprint density at radius 3 is 2.32 bits per heavy atom. The molecule has 0 radical (unpaired) electrons. The first kappa shape index (κ1) is 20.9. The zero-order valence-electron chi connectivity index (χ0n) is 17.1. The van der Waals surface area contributed by atoms with E-state index in [-0.39, 0.29) is 11.9 Å². The van der Waals surface area contributed by atoms with Crippen LogP contribution in [-0.4, -0.2) is 23.8 Å². The molecule has 8 heteroatoms. The molecule has 0 saturated heterocycles. The molecule has 0 spiro atoms. The number of nitrogens with two attached hydrogens (primary N) is 1. The number of aliphatic imine (C=N–C) groups is 1. The molecule has 1 saturated carbocycles. The average Bonchev–Trinajstić information content (AvgIpc) is 3.53. The van der Waals surface area contributed by atoms with Gasteiger partial charge in [0.05, 0.1) is 23.0 Å². The number of hydrogen-bond acceptors (Lipinski definition) is 4. The quantitative estimate of drug-likeness (QED) is 0.804. The van der Waals surface area contributed by atoms with Crippen LogP contribution in [0.5, 0.6) is 0 Å². The fraction of sp³-hybridized carbons (Fsp3) is 0.348. The summed E-state index contributed by atoms with van der Waals surface area (Å²) in [5.41, 5.74) is 5.50. The minimum Gasteiger partial charge on any atom is -0.369 e. The third kappa shape index (κ3) is 3.34. The molecule has 160 valence electrons. The monoisotopic (exact) mass is 426 g/mol. The summed E-state index contributed by atoms with van der Waals surface area (Å²) in [5, 5.41) is 9.57. The van der Waals surface area contributed by atoms with E-state index in [4.69, 9.17) is 5.73 Å². The Hall–Kier alpha value is -3.34. The largest absolute Gasteiger partial charge is 0.416 e. The highest BCUT2D eigenvalue weighted by molar-refractivity contribution is 6.02. The lowest BCUT2D eigenvalue weighted by Crippen LogP contribution is -2.52. The lowest BCUT2D eigenvalue weighted by molar-refractivity contribution is -0.137. The van der Waals surface area contributed by atoms with Crippen molar-refractivity contribution in [1.29, 1.82) is 5.26 Å². The van der Waals surface area contributed by atoms with Crippen molar-refractivity contribution in [3.05, 3.63) is 70.8 Å².